The zero-order chi connectivity index (χ0) is 10.4. The topological polar surface area (TPSA) is 0 Å². The van der Waals surface area contributed by atoms with Crippen LogP contribution in [0.15, 0.2) is 36.4 Å². The standard InChI is InChI=1S/C14H20/c1-4-14(2,3)12-8-11-13-9-6-5-7-10-13/h5-11H,4,12H2,1-3H3. The van der Waals surface area contributed by atoms with Crippen LogP contribution in [-0.4, -0.2) is 0 Å². The van der Waals surface area contributed by atoms with E-state index in [4.69, 9.17) is 0 Å². The normalized spacial score (nSPS) is 12.2. The van der Waals surface area contributed by atoms with Gasteiger partial charge in [-0.05, 0) is 17.4 Å². The highest BCUT2D eigenvalue weighted by Crippen LogP contribution is 2.25. The van der Waals surface area contributed by atoms with E-state index in [2.05, 4.69) is 57.2 Å². The van der Waals surface area contributed by atoms with Crippen LogP contribution in [0.25, 0.3) is 6.08 Å². The number of benzene rings is 1. The summed E-state index contributed by atoms with van der Waals surface area (Å²) in [5, 5.41) is 0. The maximum atomic E-state index is 2.31. The zero-order valence-electron chi connectivity index (χ0n) is 9.46. The van der Waals surface area contributed by atoms with E-state index in [0.717, 1.165) is 6.42 Å². The number of allylic oxidation sites excluding steroid dienone is 1. The average molecular weight is 188 g/mol. The second kappa shape index (κ2) is 4.99. The molecule has 0 N–H and O–H groups in total. The summed E-state index contributed by atoms with van der Waals surface area (Å²) in [5.74, 6) is 0. The fraction of sp³-hybridized carbons (Fsp3) is 0.429. The van der Waals surface area contributed by atoms with Gasteiger partial charge < -0.3 is 0 Å². The Hall–Kier alpha value is -1.04. The van der Waals surface area contributed by atoms with Crippen molar-refractivity contribution in [1.29, 1.82) is 0 Å². The molecule has 1 aromatic carbocycles. The highest BCUT2D eigenvalue weighted by Gasteiger charge is 2.11. The first-order valence-corrected chi connectivity index (χ1v) is 5.36. The van der Waals surface area contributed by atoms with Crippen LogP contribution in [0.5, 0.6) is 0 Å². The quantitative estimate of drug-likeness (QED) is 0.651. The van der Waals surface area contributed by atoms with Crippen molar-refractivity contribution in [1.82, 2.24) is 0 Å². The lowest BCUT2D eigenvalue weighted by atomic mass is 9.86. The molecule has 0 saturated carbocycles. The number of hydrogen-bond donors (Lipinski definition) is 0. The molecule has 1 rings (SSSR count). The first-order chi connectivity index (χ1) is 6.64. The second-order valence-corrected chi connectivity index (χ2v) is 4.53. The predicted molar refractivity (Wildman–Crippen MR) is 64.2 cm³/mol. The van der Waals surface area contributed by atoms with E-state index in [1.165, 1.54) is 12.0 Å². The van der Waals surface area contributed by atoms with Crippen molar-refractivity contribution in [2.75, 3.05) is 0 Å². The molecule has 14 heavy (non-hydrogen) atoms. The lowest BCUT2D eigenvalue weighted by molar-refractivity contribution is 0.357. The molecule has 0 fully saturated rings. The lowest BCUT2D eigenvalue weighted by Crippen LogP contribution is -2.06. The van der Waals surface area contributed by atoms with Gasteiger partial charge in [0.15, 0.2) is 0 Å². The van der Waals surface area contributed by atoms with E-state index in [-0.39, 0.29) is 0 Å². The Bertz CT molecular complexity index is 280. The molecule has 0 heteroatoms. The van der Waals surface area contributed by atoms with Gasteiger partial charge in [0.25, 0.3) is 0 Å². The SMILES string of the molecule is CCC(C)(C)CC=Cc1ccccc1. The second-order valence-electron chi connectivity index (χ2n) is 4.53. The molecular formula is C14H20. The van der Waals surface area contributed by atoms with Crippen molar-refractivity contribution in [3.05, 3.63) is 42.0 Å². The van der Waals surface area contributed by atoms with Crippen molar-refractivity contribution in [3.63, 3.8) is 0 Å². The highest BCUT2D eigenvalue weighted by atomic mass is 14.2. The maximum Gasteiger partial charge on any atom is -0.0260 e. The van der Waals surface area contributed by atoms with E-state index >= 15 is 0 Å². The molecule has 0 aliphatic carbocycles. The van der Waals surface area contributed by atoms with Crippen LogP contribution in [0.1, 0.15) is 39.2 Å². The monoisotopic (exact) mass is 188 g/mol. The molecule has 76 valence electrons. The summed E-state index contributed by atoms with van der Waals surface area (Å²) >= 11 is 0. The van der Waals surface area contributed by atoms with E-state index in [1.807, 2.05) is 6.07 Å². The minimum Gasteiger partial charge on any atom is -0.0834 e. The Labute approximate surface area is 87.7 Å². The molecule has 1 aromatic rings. The van der Waals surface area contributed by atoms with Crippen LogP contribution in [0.2, 0.25) is 0 Å². The van der Waals surface area contributed by atoms with Crippen LogP contribution < -0.4 is 0 Å². The Morgan fingerprint density at radius 3 is 2.36 bits per heavy atom. The smallest absolute Gasteiger partial charge is 0.0260 e. The number of hydrogen-bond acceptors (Lipinski definition) is 0. The van der Waals surface area contributed by atoms with Crippen molar-refractivity contribution in [3.8, 4) is 0 Å². The van der Waals surface area contributed by atoms with Crippen LogP contribution >= 0.6 is 0 Å². The summed E-state index contributed by atoms with van der Waals surface area (Å²) in [6.45, 7) is 6.86. The van der Waals surface area contributed by atoms with Gasteiger partial charge in [0.1, 0.15) is 0 Å². The Morgan fingerprint density at radius 1 is 1.14 bits per heavy atom. The summed E-state index contributed by atoms with van der Waals surface area (Å²) < 4.78 is 0. The molecule has 0 radical (unpaired) electrons. The third-order valence-electron chi connectivity index (χ3n) is 2.74. The van der Waals surface area contributed by atoms with Gasteiger partial charge in [0, 0.05) is 0 Å². The van der Waals surface area contributed by atoms with Gasteiger partial charge in [-0.1, -0.05) is 69.7 Å². The van der Waals surface area contributed by atoms with Gasteiger partial charge in [-0.25, -0.2) is 0 Å². The molecule has 0 atom stereocenters. The van der Waals surface area contributed by atoms with Crippen molar-refractivity contribution < 1.29 is 0 Å². The van der Waals surface area contributed by atoms with E-state index in [0.29, 0.717) is 5.41 Å². The van der Waals surface area contributed by atoms with Crippen LogP contribution in [0.4, 0.5) is 0 Å². The van der Waals surface area contributed by atoms with E-state index in [1.54, 1.807) is 0 Å². The molecule has 0 aliphatic rings. The van der Waals surface area contributed by atoms with Gasteiger partial charge in [-0.3, -0.25) is 0 Å². The van der Waals surface area contributed by atoms with Crippen molar-refractivity contribution >= 4 is 6.08 Å². The zero-order valence-corrected chi connectivity index (χ0v) is 9.46. The van der Waals surface area contributed by atoms with Crippen LogP contribution in [-0.2, 0) is 0 Å². The van der Waals surface area contributed by atoms with Crippen molar-refractivity contribution in [2.24, 2.45) is 5.41 Å². The van der Waals surface area contributed by atoms with Gasteiger partial charge in [-0.15, -0.1) is 0 Å². The third-order valence-corrected chi connectivity index (χ3v) is 2.74. The minimum absolute atomic E-state index is 0.436. The molecule has 0 nitrogen and oxygen atoms in total. The minimum atomic E-state index is 0.436. The fourth-order valence-electron chi connectivity index (χ4n) is 1.22. The first kappa shape index (κ1) is 11.0. The van der Waals surface area contributed by atoms with Gasteiger partial charge in [-0.2, -0.15) is 0 Å². The predicted octanol–water partition coefficient (Wildman–Crippen LogP) is 4.53. The molecule has 0 aromatic heterocycles. The Kier molecular flexibility index (Phi) is 3.94. The van der Waals surface area contributed by atoms with E-state index < -0.39 is 0 Å². The van der Waals surface area contributed by atoms with Gasteiger partial charge >= 0.3 is 0 Å². The molecular weight excluding hydrogens is 168 g/mol. The van der Waals surface area contributed by atoms with Crippen LogP contribution in [0, 0.1) is 5.41 Å². The highest BCUT2D eigenvalue weighted by molar-refractivity contribution is 5.48. The summed E-state index contributed by atoms with van der Waals surface area (Å²) in [7, 11) is 0. The molecule has 0 spiro atoms. The summed E-state index contributed by atoms with van der Waals surface area (Å²) in [5.41, 5.74) is 1.73. The molecule has 0 saturated heterocycles. The lowest BCUT2D eigenvalue weighted by Gasteiger charge is -2.19. The Balaban J connectivity index is 2.50. The molecule has 0 unspecified atom stereocenters. The van der Waals surface area contributed by atoms with Crippen molar-refractivity contribution in [2.45, 2.75) is 33.6 Å². The van der Waals surface area contributed by atoms with Crippen LogP contribution in [0.3, 0.4) is 0 Å². The maximum absolute atomic E-state index is 2.31. The molecule has 0 bridgehead atoms. The molecule has 0 amide bonds. The summed E-state index contributed by atoms with van der Waals surface area (Å²) in [6.07, 6.45) is 6.86. The summed E-state index contributed by atoms with van der Waals surface area (Å²) in [4.78, 5) is 0. The molecule has 0 aliphatic heterocycles. The van der Waals surface area contributed by atoms with E-state index in [9.17, 15) is 0 Å². The third kappa shape index (κ3) is 3.78. The Morgan fingerprint density at radius 2 is 1.79 bits per heavy atom. The molecule has 0 heterocycles. The first-order valence-electron chi connectivity index (χ1n) is 5.36. The largest absolute Gasteiger partial charge is 0.0834 e. The fourth-order valence-corrected chi connectivity index (χ4v) is 1.22. The average Bonchev–Trinajstić information content (AvgIpc) is 2.19. The summed E-state index contributed by atoms with van der Waals surface area (Å²) in [6, 6.07) is 10.5. The van der Waals surface area contributed by atoms with Gasteiger partial charge in [0.2, 0.25) is 0 Å². The van der Waals surface area contributed by atoms with Gasteiger partial charge in [0.05, 0.1) is 0 Å². The number of rotatable bonds is 4.